The van der Waals surface area contributed by atoms with Crippen LogP contribution in [0.15, 0.2) is 72.8 Å². The summed E-state index contributed by atoms with van der Waals surface area (Å²) in [5, 5.41) is 0. The molecule has 3 aromatic carbocycles. The first-order chi connectivity index (χ1) is 14.0. The minimum absolute atomic E-state index is 0.247. The molecular weight excluding hydrogens is 374 g/mol. The van der Waals surface area contributed by atoms with Crippen molar-refractivity contribution in [1.82, 2.24) is 0 Å². The highest BCUT2D eigenvalue weighted by Gasteiger charge is 2.38. The van der Waals surface area contributed by atoms with Crippen LogP contribution in [0.3, 0.4) is 0 Å². The Morgan fingerprint density at radius 3 is 2.03 bits per heavy atom. The van der Waals surface area contributed by atoms with Gasteiger partial charge in [0.2, 0.25) is 5.91 Å². The molecule has 2 amide bonds. The fraction of sp³-hybridized carbons (Fsp3) is 0.130. The van der Waals surface area contributed by atoms with Gasteiger partial charge in [0.25, 0.3) is 5.91 Å². The molecule has 0 spiro atoms. The quantitative estimate of drug-likeness (QED) is 0.656. The van der Waals surface area contributed by atoms with Gasteiger partial charge in [0.1, 0.15) is 17.7 Å². The molecule has 0 radical (unpaired) electrons. The van der Waals surface area contributed by atoms with Crippen molar-refractivity contribution in [3.05, 3.63) is 95.6 Å². The van der Waals surface area contributed by atoms with Gasteiger partial charge < -0.3 is 4.90 Å². The summed E-state index contributed by atoms with van der Waals surface area (Å²) in [5.74, 6) is -1.40. The van der Waals surface area contributed by atoms with E-state index in [0.29, 0.717) is 16.9 Å². The minimum Gasteiger partial charge on any atom is -0.304 e. The van der Waals surface area contributed by atoms with E-state index in [0.717, 1.165) is 5.56 Å². The largest absolute Gasteiger partial charge is 0.304 e. The fourth-order valence-corrected chi connectivity index (χ4v) is 3.51. The van der Waals surface area contributed by atoms with E-state index in [1.165, 1.54) is 41.3 Å². The Hall–Kier alpha value is -3.54. The van der Waals surface area contributed by atoms with Gasteiger partial charge in [0.05, 0.1) is 17.9 Å². The summed E-state index contributed by atoms with van der Waals surface area (Å²) in [6, 6.07) is 17.6. The number of benzene rings is 3. The molecule has 0 saturated carbocycles. The zero-order valence-electron chi connectivity index (χ0n) is 15.7. The summed E-state index contributed by atoms with van der Waals surface area (Å²) in [6.07, 6.45) is 0. The lowest BCUT2D eigenvalue weighted by atomic mass is 10.0. The molecule has 1 unspecified atom stereocenters. The molecule has 146 valence electrons. The number of hydrogen-bond acceptors (Lipinski definition) is 2. The van der Waals surface area contributed by atoms with E-state index >= 15 is 0 Å². The SMILES string of the molecule is CC1C(=O)N(Cc2ccc(F)cc2)c2ccccc2N1C(=O)c1ccc(F)cc1. The van der Waals surface area contributed by atoms with Gasteiger partial charge in [-0.3, -0.25) is 14.5 Å². The van der Waals surface area contributed by atoms with Gasteiger partial charge in [-0.2, -0.15) is 0 Å². The van der Waals surface area contributed by atoms with E-state index in [2.05, 4.69) is 0 Å². The lowest BCUT2D eigenvalue weighted by molar-refractivity contribution is -0.119. The molecule has 0 saturated heterocycles. The van der Waals surface area contributed by atoms with Crippen LogP contribution in [-0.2, 0) is 11.3 Å². The summed E-state index contributed by atoms with van der Waals surface area (Å²) in [7, 11) is 0. The van der Waals surface area contributed by atoms with Crippen molar-refractivity contribution in [2.24, 2.45) is 0 Å². The highest BCUT2D eigenvalue weighted by molar-refractivity contribution is 6.17. The molecule has 3 aromatic rings. The van der Waals surface area contributed by atoms with Crippen molar-refractivity contribution in [3.8, 4) is 0 Å². The molecule has 0 aliphatic carbocycles. The maximum absolute atomic E-state index is 13.2. The molecular formula is C23H18F2N2O2. The predicted molar refractivity (Wildman–Crippen MR) is 107 cm³/mol. The molecule has 6 heteroatoms. The van der Waals surface area contributed by atoms with Crippen LogP contribution in [0.2, 0.25) is 0 Å². The third kappa shape index (κ3) is 3.49. The van der Waals surface area contributed by atoms with Crippen molar-refractivity contribution in [2.75, 3.05) is 9.80 Å². The molecule has 1 aliphatic heterocycles. The molecule has 1 heterocycles. The van der Waals surface area contributed by atoms with Crippen molar-refractivity contribution >= 4 is 23.2 Å². The fourth-order valence-electron chi connectivity index (χ4n) is 3.51. The summed E-state index contributed by atoms with van der Waals surface area (Å²) in [4.78, 5) is 29.3. The first-order valence-corrected chi connectivity index (χ1v) is 9.19. The number of nitrogens with zero attached hydrogens (tertiary/aromatic N) is 2. The van der Waals surface area contributed by atoms with Gasteiger partial charge in [-0.15, -0.1) is 0 Å². The molecule has 0 N–H and O–H groups in total. The first kappa shape index (κ1) is 18.8. The van der Waals surface area contributed by atoms with Gasteiger partial charge in [-0.05, 0) is 61.0 Å². The van der Waals surface area contributed by atoms with Gasteiger partial charge in [-0.25, -0.2) is 8.78 Å². The summed E-state index contributed by atoms with van der Waals surface area (Å²) < 4.78 is 26.5. The number of rotatable bonds is 3. The van der Waals surface area contributed by atoms with Crippen LogP contribution in [0.5, 0.6) is 0 Å². The summed E-state index contributed by atoms with van der Waals surface area (Å²) in [5.41, 5.74) is 2.26. The molecule has 0 aromatic heterocycles. The molecule has 29 heavy (non-hydrogen) atoms. The number of halogens is 2. The number of amides is 2. The Labute approximate surface area is 167 Å². The monoisotopic (exact) mass is 392 g/mol. The van der Waals surface area contributed by atoms with Crippen molar-refractivity contribution < 1.29 is 18.4 Å². The van der Waals surface area contributed by atoms with Crippen LogP contribution in [0.1, 0.15) is 22.8 Å². The Balaban J connectivity index is 1.73. The molecule has 0 fully saturated rings. The predicted octanol–water partition coefficient (Wildman–Crippen LogP) is 4.55. The van der Waals surface area contributed by atoms with E-state index in [1.54, 1.807) is 48.2 Å². The van der Waals surface area contributed by atoms with E-state index in [9.17, 15) is 18.4 Å². The second-order valence-corrected chi connectivity index (χ2v) is 6.90. The third-order valence-corrected chi connectivity index (χ3v) is 5.01. The van der Waals surface area contributed by atoms with Gasteiger partial charge in [-0.1, -0.05) is 24.3 Å². The second kappa shape index (κ2) is 7.47. The van der Waals surface area contributed by atoms with Crippen LogP contribution in [0.25, 0.3) is 0 Å². The van der Waals surface area contributed by atoms with Crippen LogP contribution in [0, 0.1) is 11.6 Å². The number of carbonyl (C=O) groups is 2. The lowest BCUT2D eigenvalue weighted by Gasteiger charge is -2.40. The Kier molecular flexibility index (Phi) is 4.84. The number of fused-ring (bicyclic) bond motifs is 1. The van der Waals surface area contributed by atoms with Crippen LogP contribution in [-0.4, -0.2) is 17.9 Å². The average Bonchev–Trinajstić information content (AvgIpc) is 2.73. The highest BCUT2D eigenvalue weighted by atomic mass is 19.1. The third-order valence-electron chi connectivity index (χ3n) is 5.01. The minimum atomic E-state index is -0.747. The second-order valence-electron chi connectivity index (χ2n) is 6.90. The maximum Gasteiger partial charge on any atom is 0.259 e. The smallest absolute Gasteiger partial charge is 0.259 e. The number of anilines is 2. The van der Waals surface area contributed by atoms with Gasteiger partial charge in [0, 0.05) is 5.56 Å². The topological polar surface area (TPSA) is 40.6 Å². The molecule has 4 rings (SSSR count). The standard InChI is InChI=1S/C23H18F2N2O2/c1-15-22(28)26(14-16-6-10-18(24)11-7-16)20-4-2-3-5-21(20)27(15)23(29)17-8-12-19(25)13-9-17/h2-13,15H,14H2,1H3. The zero-order chi connectivity index (χ0) is 20.5. The van der Waals surface area contributed by atoms with Crippen molar-refractivity contribution in [3.63, 3.8) is 0 Å². The van der Waals surface area contributed by atoms with Crippen molar-refractivity contribution in [2.45, 2.75) is 19.5 Å². The van der Waals surface area contributed by atoms with Gasteiger partial charge in [0.15, 0.2) is 0 Å². The Morgan fingerprint density at radius 1 is 0.862 bits per heavy atom. The number of carbonyl (C=O) groups excluding carboxylic acids is 2. The Morgan fingerprint density at radius 2 is 1.41 bits per heavy atom. The zero-order valence-corrected chi connectivity index (χ0v) is 15.7. The molecule has 4 nitrogen and oxygen atoms in total. The summed E-state index contributed by atoms with van der Waals surface area (Å²) in [6.45, 7) is 1.93. The summed E-state index contributed by atoms with van der Waals surface area (Å²) >= 11 is 0. The highest BCUT2D eigenvalue weighted by Crippen LogP contribution is 2.37. The van der Waals surface area contributed by atoms with E-state index in [1.807, 2.05) is 0 Å². The Bertz CT molecular complexity index is 1060. The van der Waals surface area contributed by atoms with E-state index in [4.69, 9.17) is 0 Å². The van der Waals surface area contributed by atoms with E-state index < -0.39 is 11.9 Å². The van der Waals surface area contributed by atoms with Crippen LogP contribution in [0.4, 0.5) is 20.2 Å². The van der Waals surface area contributed by atoms with E-state index in [-0.39, 0.29) is 24.2 Å². The van der Waals surface area contributed by atoms with Crippen LogP contribution < -0.4 is 9.80 Å². The maximum atomic E-state index is 13.2. The molecule has 1 atom stereocenters. The number of hydrogen-bond donors (Lipinski definition) is 0. The van der Waals surface area contributed by atoms with Crippen LogP contribution >= 0.6 is 0 Å². The van der Waals surface area contributed by atoms with Crippen molar-refractivity contribution in [1.29, 1.82) is 0 Å². The lowest BCUT2D eigenvalue weighted by Crippen LogP contribution is -2.54. The average molecular weight is 392 g/mol. The molecule has 0 bridgehead atoms. The molecule has 1 aliphatic rings. The number of para-hydroxylation sites is 2. The van der Waals surface area contributed by atoms with Gasteiger partial charge >= 0.3 is 0 Å². The first-order valence-electron chi connectivity index (χ1n) is 9.19. The normalized spacial score (nSPS) is 16.0.